The number of aliphatic carboxylic acids is 1. The Morgan fingerprint density at radius 1 is 1.33 bits per heavy atom. The number of fused-ring (bicyclic) bond motifs is 1. The second-order valence-corrected chi connectivity index (χ2v) is 5.16. The molecule has 2 rings (SSSR count). The number of carboxylic acids is 1. The summed E-state index contributed by atoms with van der Waals surface area (Å²) >= 11 is 0. The molecule has 1 aliphatic rings. The predicted molar refractivity (Wildman–Crippen MR) is 67.2 cm³/mol. The Bertz CT molecular complexity index is 451. The molecule has 0 aliphatic carbocycles. The van der Waals surface area contributed by atoms with Gasteiger partial charge in [-0.1, -0.05) is 12.1 Å². The van der Waals surface area contributed by atoms with E-state index in [9.17, 15) is 9.90 Å². The molecule has 0 aromatic heterocycles. The van der Waals surface area contributed by atoms with Gasteiger partial charge in [-0.05, 0) is 31.9 Å². The van der Waals surface area contributed by atoms with Gasteiger partial charge in [0.2, 0.25) is 0 Å². The van der Waals surface area contributed by atoms with Crippen molar-refractivity contribution in [1.29, 1.82) is 0 Å². The van der Waals surface area contributed by atoms with E-state index in [2.05, 4.69) is 0 Å². The molecule has 0 saturated carbocycles. The van der Waals surface area contributed by atoms with Gasteiger partial charge in [0.15, 0.2) is 11.5 Å². The van der Waals surface area contributed by atoms with Crippen LogP contribution in [-0.2, 0) is 11.2 Å². The minimum absolute atomic E-state index is 0.425. The maximum absolute atomic E-state index is 11.2. The lowest BCUT2D eigenvalue weighted by molar-refractivity contribution is -0.146. The fraction of sp³-hybridized carbons (Fsp3) is 0.500. The number of carboxylic acid groups (broad SMARTS) is 1. The first-order chi connectivity index (χ1) is 8.50. The fourth-order valence-corrected chi connectivity index (χ4v) is 1.94. The first-order valence-electron chi connectivity index (χ1n) is 6.11. The van der Waals surface area contributed by atoms with Gasteiger partial charge in [-0.3, -0.25) is 4.79 Å². The first kappa shape index (κ1) is 12.7. The van der Waals surface area contributed by atoms with E-state index in [1.165, 1.54) is 0 Å². The van der Waals surface area contributed by atoms with Crippen LogP contribution in [0.3, 0.4) is 0 Å². The SMILES string of the molecule is CC(C)(Cc1cccc2c1OCCCO2)C(=O)O. The van der Waals surface area contributed by atoms with Crippen molar-refractivity contribution in [3.05, 3.63) is 23.8 Å². The molecule has 4 nitrogen and oxygen atoms in total. The number of rotatable bonds is 3. The zero-order valence-corrected chi connectivity index (χ0v) is 10.7. The van der Waals surface area contributed by atoms with E-state index in [-0.39, 0.29) is 0 Å². The molecule has 0 atom stereocenters. The molecule has 4 heteroatoms. The van der Waals surface area contributed by atoms with Crippen LogP contribution in [0.25, 0.3) is 0 Å². The van der Waals surface area contributed by atoms with E-state index in [0.29, 0.717) is 31.1 Å². The quantitative estimate of drug-likeness (QED) is 0.895. The third-order valence-electron chi connectivity index (χ3n) is 3.06. The number of para-hydroxylation sites is 1. The zero-order chi connectivity index (χ0) is 13.2. The van der Waals surface area contributed by atoms with Crippen LogP contribution in [0.5, 0.6) is 11.5 Å². The Balaban J connectivity index is 2.31. The normalized spacial score (nSPS) is 15.0. The first-order valence-corrected chi connectivity index (χ1v) is 6.11. The van der Waals surface area contributed by atoms with Crippen LogP contribution in [0, 0.1) is 5.41 Å². The Hall–Kier alpha value is -1.71. The van der Waals surface area contributed by atoms with Gasteiger partial charge in [0.1, 0.15) is 0 Å². The van der Waals surface area contributed by atoms with E-state index < -0.39 is 11.4 Å². The lowest BCUT2D eigenvalue weighted by Gasteiger charge is -2.21. The minimum atomic E-state index is -0.815. The van der Waals surface area contributed by atoms with E-state index in [1.807, 2.05) is 18.2 Å². The molecule has 0 saturated heterocycles. The number of benzene rings is 1. The Morgan fingerprint density at radius 2 is 2.06 bits per heavy atom. The fourth-order valence-electron chi connectivity index (χ4n) is 1.94. The summed E-state index contributed by atoms with van der Waals surface area (Å²) in [6.45, 7) is 4.68. The highest BCUT2D eigenvalue weighted by Gasteiger charge is 2.29. The Labute approximate surface area is 107 Å². The maximum atomic E-state index is 11.2. The molecule has 0 bridgehead atoms. The van der Waals surface area contributed by atoms with Crippen LogP contribution < -0.4 is 9.47 Å². The minimum Gasteiger partial charge on any atom is -0.490 e. The summed E-state index contributed by atoms with van der Waals surface area (Å²) in [5.41, 5.74) is 0.0759. The van der Waals surface area contributed by atoms with Gasteiger partial charge in [-0.25, -0.2) is 0 Å². The molecule has 98 valence electrons. The van der Waals surface area contributed by atoms with E-state index in [1.54, 1.807) is 13.8 Å². The summed E-state index contributed by atoms with van der Waals surface area (Å²) in [4.78, 5) is 11.2. The molecular weight excluding hydrogens is 232 g/mol. The molecular formula is C14H18O4. The second kappa shape index (κ2) is 4.88. The number of carbonyl (C=O) groups is 1. The van der Waals surface area contributed by atoms with Crippen molar-refractivity contribution in [2.24, 2.45) is 5.41 Å². The molecule has 0 spiro atoms. The molecule has 1 aromatic rings. The number of hydrogen-bond acceptors (Lipinski definition) is 3. The van der Waals surface area contributed by atoms with Crippen molar-refractivity contribution in [2.75, 3.05) is 13.2 Å². The molecule has 1 aliphatic heterocycles. The largest absolute Gasteiger partial charge is 0.490 e. The van der Waals surface area contributed by atoms with Crippen LogP contribution >= 0.6 is 0 Å². The topological polar surface area (TPSA) is 55.8 Å². The molecule has 0 radical (unpaired) electrons. The van der Waals surface area contributed by atoms with E-state index in [4.69, 9.17) is 9.47 Å². The smallest absolute Gasteiger partial charge is 0.309 e. The Morgan fingerprint density at radius 3 is 2.78 bits per heavy atom. The molecule has 1 N–H and O–H groups in total. The lowest BCUT2D eigenvalue weighted by atomic mass is 9.85. The standard InChI is InChI=1S/C14H18O4/c1-14(2,13(15)16)9-10-5-3-6-11-12(10)18-8-4-7-17-11/h3,5-6H,4,7-9H2,1-2H3,(H,15,16). The number of ether oxygens (including phenoxy) is 2. The van der Waals surface area contributed by atoms with Crippen LogP contribution in [-0.4, -0.2) is 24.3 Å². The van der Waals surface area contributed by atoms with Crippen molar-refractivity contribution >= 4 is 5.97 Å². The van der Waals surface area contributed by atoms with Crippen molar-refractivity contribution in [3.8, 4) is 11.5 Å². The van der Waals surface area contributed by atoms with Crippen LogP contribution in [0.15, 0.2) is 18.2 Å². The monoisotopic (exact) mass is 250 g/mol. The average Bonchev–Trinajstić information content (AvgIpc) is 2.54. The van der Waals surface area contributed by atoms with Crippen molar-refractivity contribution in [1.82, 2.24) is 0 Å². The third kappa shape index (κ3) is 2.58. The summed E-state index contributed by atoms with van der Waals surface area (Å²) in [7, 11) is 0. The highest BCUT2D eigenvalue weighted by Crippen LogP contribution is 2.36. The van der Waals surface area contributed by atoms with E-state index >= 15 is 0 Å². The molecule has 0 unspecified atom stereocenters. The molecule has 18 heavy (non-hydrogen) atoms. The van der Waals surface area contributed by atoms with Gasteiger partial charge in [-0.15, -0.1) is 0 Å². The Kier molecular flexibility index (Phi) is 3.45. The van der Waals surface area contributed by atoms with Crippen LogP contribution in [0.2, 0.25) is 0 Å². The highest BCUT2D eigenvalue weighted by atomic mass is 16.5. The third-order valence-corrected chi connectivity index (χ3v) is 3.06. The van der Waals surface area contributed by atoms with Gasteiger partial charge >= 0.3 is 5.97 Å². The zero-order valence-electron chi connectivity index (χ0n) is 10.7. The summed E-state index contributed by atoms with van der Waals surface area (Å²) < 4.78 is 11.3. The summed E-state index contributed by atoms with van der Waals surface area (Å²) in [5, 5.41) is 9.19. The lowest BCUT2D eigenvalue weighted by Crippen LogP contribution is -2.26. The number of hydrogen-bond donors (Lipinski definition) is 1. The van der Waals surface area contributed by atoms with Gasteiger partial charge in [0.25, 0.3) is 0 Å². The molecule has 1 aromatic carbocycles. The summed E-state index contributed by atoms with van der Waals surface area (Å²) in [5.74, 6) is 0.602. The predicted octanol–water partition coefficient (Wildman–Crippen LogP) is 2.50. The second-order valence-electron chi connectivity index (χ2n) is 5.16. The molecule has 0 amide bonds. The van der Waals surface area contributed by atoms with Crippen molar-refractivity contribution in [3.63, 3.8) is 0 Å². The van der Waals surface area contributed by atoms with Gasteiger partial charge in [-0.2, -0.15) is 0 Å². The average molecular weight is 250 g/mol. The van der Waals surface area contributed by atoms with Gasteiger partial charge in [0.05, 0.1) is 18.6 Å². The summed E-state index contributed by atoms with van der Waals surface area (Å²) in [6.07, 6.45) is 1.27. The van der Waals surface area contributed by atoms with Gasteiger partial charge in [0, 0.05) is 6.42 Å². The molecule has 0 fully saturated rings. The maximum Gasteiger partial charge on any atom is 0.309 e. The van der Waals surface area contributed by atoms with Gasteiger partial charge < -0.3 is 14.6 Å². The highest BCUT2D eigenvalue weighted by molar-refractivity contribution is 5.74. The van der Waals surface area contributed by atoms with Crippen LogP contribution in [0.4, 0.5) is 0 Å². The van der Waals surface area contributed by atoms with E-state index in [0.717, 1.165) is 12.0 Å². The van der Waals surface area contributed by atoms with Crippen molar-refractivity contribution < 1.29 is 19.4 Å². The van der Waals surface area contributed by atoms with Crippen molar-refractivity contribution in [2.45, 2.75) is 26.7 Å². The molecule has 1 heterocycles. The summed E-state index contributed by atoms with van der Waals surface area (Å²) in [6, 6.07) is 5.64. The van der Waals surface area contributed by atoms with Crippen LogP contribution in [0.1, 0.15) is 25.8 Å².